The lowest BCUT2D eigenvalue weighted by Crippen LogP contribution is -2.01. The Hall–Kier alpha value is -4.10. The maximum Gasteiger partial charge on any atom is 0.269 e. The number of nitriles is 2. The topological polar surface area (TPSA) is 116 Å². The highest BCUT2D eigenvalue weighted by atomic mass is 16.6. The molecule has 0 radical (unpaired) electrons. The molecule has 0 N–H and O–H groups in total. The van der Waals surface area contributed by atoms with Crippen LogP contribution in [0, 0.1) is 32.8 Å². The van der Waals surface area contributed by atoms with Gasteiger partial charge < -0.3 is 0 Å². The molecule has 7 heteroatoms. The van der Waals surface area contributed by atoms with Gasteiger partial charge in [-0.25, -0.2) is 9.97 Å². The van der Waals surface area contributed by atoms with Crippen molar-refractivity contribution in [3.8, 4) is 34.7 Å². The Morgan fingerprint density at radius 3 is 1.72 bits per heavy atom. The average Bonchev–Trinajstić information content (AvgIpc) is 2.67. The first-order chi connectivity index (χ1) is 12.1. The summed E-state index contributed by atoms with van der Waals surface area (Å²) in [5.41, 5.74) is 1.92. The molecule has 0 aliphatic rings. The lowest BCUT2D eigenvalue weighted by Gasteiger charge is -2.09. The van der Waals surface area contributed by atoms with Gasteiger partial charge in [-0.15, -0.1) is 0 Å². The van der Waals surface area contributed by atoms with Crippen molar-refractivity contribution in [1.29, 1.82) is 10.5 Å². The van der Waals surface area contributed by atoms with Crippen LogP contribution in [0.1, 0.15) is 11.4 Å². The number of hydrogen-bond donors (Lipinski definition) is 0. The number of non-ortho nitro benzene ring substituents is 1. The molecule has 0 aliphatic carbocycles. The van der Waals surface area contributed by atoms with E-state index in [-0.39, 0.29) is 17.1 Å². The zero-order valence-electron chi connectivity index (χ0n) is 12.7. The van der Waals surface area contributed by atoms with Crippen LogP contribution < -0.4 is 0 Å². The van der Waals surface area contributed by atoms with Crippen molar-refractivity contribution in [1.82, 2.24) is 9.97 Å². The van der Waals surface area contributed by atoms with Crippen LogP contribution in [0.5, 0.6) is 0 Å². The molecular weight excluding hydrogens is 318 g/mol. The van der Waals surface area contributed by atoms with Gasteiger partial charge >= 0.3 is 0 Å². The molecule has 1 aromatic heterocycles. The van der Waals surface area contributed by atoms with Crippen molar-refractivity contribution >= 4 is 5.69 Å². The highest BCUT2D eigenvalue weighted by Crippen LogP contribution is 2.30. The summed E-state index contributed by atoms with van der Waals surface area (Å²) in [6, 6.07) is 18.6. The molecule has 7 nitrogen and oxygen atoms in total. The van der Waals surface area contributed by atoms with Crippen molar-refractivity contribution in [2.75, 3.05) is 0 Å². The van der Waals surface area contributed by atoms with Gasteiger partial charge in [0.15, 0.2) is 11.4 Å². The standard InChI is InChI=1S/C18H9N5O2/c19-10-15-16(11-20)22-18(13-6-8-14(9-7-13)23(24)25)17(21-15)12-4-2-1-3-5-12/h1-9H. The normalized spacial score (nSPS) is 9.84. The summed E-state index contributed by atoms with van der Waals surface area (Å²) >= 11 is 0. The van der Waals surface area contributed by atoms with Gasteiger partial charge in [-0.1, -0.05) is 30.3 Å². The van der Waals surface area contributed by atoms with Crippen LogP contribution >= 0.6 is 0 Å². The van der Waals surface area contributed by atoms with Crippen molar-refractivity contribution < 1.29 is 4.92 Å². The fourth-order valence-electron chi connectivity index (χ4n) is 2.33. The number of nitro groups is 1. The van der Waals surface area contributed by atoms with Crippen LogP contribution in [0.15, 0.2) is 54.6 Å². The van der Waals surface area contributed by atoms with Gasteiger partial charge in [0.25, 0.3) is 5.69 Å². The molecule has 0 aliphatic heterocycles. The molecule has 2 aromatic carbocycles. The number of nitrogens with zero attached hydrogens (tertiary/aromatic N) is 5. The highest BCUT2D eigenvalue weighted by Gasteiger charge is 2.17. The van der Waals surface area contributed by atoms with E-state index >= 15 is 0 Å². The third kappa shape index (κ3) is 3.03. The van der Waals surface area contributed by atoms with E-state index in [0.29, 0.717) is 17.0 Å². The molecule has 25 heavy (non-hydrogen) atoms. The summed E-state index contributed by atoms with van der Waals surface area (Å²) in [6.07, 6.45) is 0. The molecule has 0 bridgehead atoms. The minimum atomic E-state index is -0.493. The van der Waals surface area contributed by atoms with E-state index in [2.05, 4.69) is 9.97 Å². The minimum absolute atomic E-state index is 0.0490. The Balaban J connectivity index is 2.25. The Morgan fingerprint density at radius 2 is 1.28 bits per heavy atom. The summed E-state index contributed by atoms with van der Waals surface area (Å²) in [5, 5.41) is 29.2. The molecule has 0 saturated heterocycles. The van der Waals surface area contributed by atoms with Gasteiger partial charge in [-0.2, -0.15) is 10.5 Å². The van der Waals surface area contributed by atoms with Crippen molar-refractivity contribution in [3.05, 3.63) is 76.1 Å². The zero-order valence-corrected chi connectivity index (χ0v) is 12.7. The molecule has 3 rings (SSSR count). The SMILES string of the molecule is N#Cc1nc(-c2ccccc2)c(-c2ccc([N+](=O)[O-])cc2)nc1C#N. The first-order valence-electron chi connectivity index (χ1n) is 7.16. The first kappa shape index (κ1) is 15.8. The first-order valence-corrected chi connectivity index (χ1v) is 7.16. The van der Waals surface area contributed by atoms with Crippen molar-refractivity contribution in [2.24, 2.45) is 0 Å². The van der Waals surface area contributed by atoms with E-state index in [1.54, 1.807) is 12.1 Å². The summed E-state index contributed by atoms with van der Waals surface area (Å²) in [7, 11) is 0. The lowest BCUT2D eigenvalue weighted by molar-refractivity contribution is -0.384. The van der Waals surface area contributed by atoms with E-state index in [4.69, 9.17) is 0 Å². The van der Waals surface area contributed by atoms with Crippen molar-refractivity contribution in [3.63, 3.8) is 0 Å². The fourth-order valence-corrected chi connectivity index (χ4v) is 2.33. The van der Waals surface area contributed by atoms with Crippen LogP contribution in [0.2, 0.25) is 0 Å². The van der Waals surface area contributed by atoms with Crippen LogP contribution in [0.4, 0.5) is 5.69 Å². The van der Waals surface area contributed by atoms with E-state index in [1.807, 2.05) is 42.5 Å². The van der Waals surface area contributed by atoms with E-state index in [9.17, 15) is 20.6 Å². The molecule has 1 heterocycles. The maximum absolute atomic E-state index is 10.8. The van der Waals surface area contributed by atoms with E-state index in [0.717, 1.165) is 5.56 Å². The summed E-state index contributed by atoms with van der Waals surface area (Å²) < 4.78 is 0. The summed E-state index contributed by atoms with van der Waals surface area (Å²) in [5.74, 6) is 0. The van der Waals surface area contributed by atoms with E-state index < -0.39 is 4.92 Å². The smallest absolute Gasteiger partial charge is 0.258 e. The van der Waals surface area contributed by atoms with Crippen LogP contribution in [0.25, 0.3) is 22.5 Å². The monoisotopic (exact) mass is 327 g/mol. The van der Waals surface area contributed by atoms with E-state index in [1.165, 1.54) is 12.1 Å². The highest BCUT2D eigenvalue weighted by molar-refractivity contribution is 5.79. The Kier molecular flexibility index (Phi) is 4.15. The number of nitro benzene ring substituents is 1. The lowest BCUT2D eigenvalue weighted by atomic mass is 10.0. The van der Waals surface area contributed by atoms with Gasteiger partial charge in [-0.05, 0) is 12.1 Å². The summed E-state index contributed by atoms with van der Waals surface area (Å²) in [4.78, 5) is 18.9. The van der Waals surface area contributed by atoms with Gasteiger partial charge in [0.05, 0.1) is 16.3 Å². The fraction of sp³-hybridized carbons (Fsp3) is 0. The molecule has 0 saturated carbocycles. The largest absolute Gasteiger partial charge is 0.269 e. The second kappa shape index (κ2) is 6.57. The number of benzene rings is 2. The molecule has 3 aromatic rings. The second-order valence-corrected chi connectivity index (χ2v) is 5.01. The molecule has 0 fully saturated rings. The van der Waals surface area contributed by atoms with Gasteiger partial charge in [0.2, 0.25) is 0 Å². The van der Waals surface area contributed by atoms with Crippen LogP contribution in [0.3, 0.4) is 0 Å². The quantitative estimate of drug-likeness (QED) is 0.537. The average molecular weight is 327 g/mol. The molecule has 118 valence electrons. The third-order valence-corrected chi connectivity index (χ3v) is 3.51. The maximum atomic E-state index is 10.8. The summed E-state index contributed by atoms with van der Waals surface area (Å²) in [6.45, 7) is 0. The molecular formula is C18H9N5O2. The predicted molar refractivity (Wildman–Crippen MR) is 89.0 cm³/mol. The second-order valence-electron chi connectivity index (χ2n) is 5.01. The predicted octanol–water partition coefficient (Wildman–Crippen LogP) is 3.46. The minimum Gasteiger partial charge on any atom is -0.258 e. The molecule has 0 amide bonds. The van der Waals surface area contributed by atoms with Gasteiger partial charge in [-0.3, -0.25) is 10.1 Å². The van der Waals surface area contributed by atoms with Crippen LogP contribution in [-0.4, -0.2) is 14.9 Å². The van der Waals surface area contributed by atoms with Crippen molar-refractivity contribution in [2.45, 2.75) is 0 Å². The number of hydrogen-bond acceptors (Lipinski definition) is 6. The molecule has 0 unspecified atom stereocenters. The molecule has 0 atom stereocenters. The number of aromatic nitrogens is 2. The van der Waals surface area contributed by atoms with Gasteiger partial charge in [0, 0.05) is 23.3 Å². The third-order valence-electron chi connectivity index (χ3n) is 3.51. The Bertz CT molecular complexity index is 1030. The Morgan fingerprint density at radius 1 is 0.800 bits per heavy atom. The Labute approximate surface area is 142 Å². The number of rotatable bonds is 3. The van der Waals surface area contributed by atoms with Crippen LogP contribution in [-0.2, 0) is 0 Å². The molecule has 0 spiro atoms. The zero-order chi connectivity index (χ0) is 17.8. The van der Waals surface area contributed by atoms with Gasteiger partial charge in [0.1, 0.15) is 12.1 Å².